The molecule has 0 spiro atoms. The van der Waals surface area contributed by atoms with Crippen LogP contribution in [0, 0.1) is 14.9 Å². The maximum absolute atomic E-state index is 8.87. The van der Waals surface area contributed by atoms with Gasteiger partial charge >= 0.3 is 0 Å². The van der Waals surface area contributed by atoms with E-state index in [1.54, 1.807) is 12.3 Å². The van der Waals surface area contributed by atoms with Crippen LogP contribution in [0.1, 0.15) is 5.56 Å². The number of hydrogen-bond acceptors (Lipinski definition) is 2. The summed E-state index contributed by atoms with van der Waals surface area (Å²) in [6.45, 7) is 0. The van der Waals surface area contributed by atoms with Gasteiger partial charge in [0.25, 0.3) is 0 Å². The molecule has 0 unspecified atom stereocenters. The number of benzene rings is 1. The van der Waals surface area contributed by atoms with E-state index >= 15 is 0 Å². The first-order valence-electron chi connectivity index (χ1n) is 5.41. The number of nitrogens with zero attached hydrogens (tertiary/aromatic N) is 3. The van der Waals surface area contributed by atoms with Crippen LogP contribution < -0.4 is 0 Å². The summed E-state index contributed by atoms with van der Waals surface area (Å²) in [5.41, 5.74) is 3.48. The van der Waals surface area contributed by atoms with Crippen LogP contribution in [0.25, 0.3) is 16.9 Å². The first-order valence-corrected chi connectivity index (χ1v) is 6.49. The van der Waals surface area contributed by atoms with Gasteiger partial charge in [-0.2, -0.15) is 5.26 Å². The summed E-state index contributed by atoms with van der Waals surface area (Å²) in [6, 6.07) is 14.0. The smallest absolute Gasteiger partial charge is 0.137 e. The lowest BCUT2D eigenvalue weighted by Gasteiger charge is -1.95. The fourth-order valence-electron chi connectivity index (χ4n) is 1.82. The molecule has 0 amide bonds. The Bertz CT molecular complexity index is 751. The minimum atomic E-state index is 0.633. The number of fused-ring (bicyclic) bond motifs is 1. The molecule has 0 saturated heterocycles. The molecule has 2 aromatic heterocycles. The fraction of sp³-hybridized carbons (Fsp3) is 0. The Morgan fingerprint density at radius 3 is 2.56 bits per heavy atom. The molecule has 0 aliphatic carbocycles. The third kappa shape index (κ3) is 1.97. The van der Waals surface area contributed by atoms with E-state index in [4.69, 9.17) is 5.26 Å². The van der Waals surface area contributed by atoms with Crippen molar-refractivity contribution in [1.82, 2.24) is 9.38 Å². The lowest BCUT2D eigenvalue weighted by atomic mass is 10.2. The molecule has 3 rings (SSSR count). The Morgan fingerprint density at radius 1 is 1.06 bits per heavy atom. The summed E-state index contributed by atoms with van der Waals surface area (Å²) in [5.74, 6) is 0. The van der Waals surface area contributed by atoms with Gasteiger partial charge in [0.15, 0.2) is 0 Å². The van der Waals surface area contributed by atoms with E-state index in [1.165, 1.54) is 3.57 Å². The van der Waals surface area contributed by atoms with Gasteiger partial charge in [-0.05, 0) is 46.9 Å². The first-order chi connectivity index (χ1) is 8.76. The minimum absolute atomic E-state index is 0.633. The van der Waals surface area contributed by atoms with E-state index in [1.807, 2.05) is 16.7 Å². The Balaban J connectivity index is 2.13. The van der Waals surface area contributed by atoms with Gasteiger partial charge in [0.2, 0.25) is 0 Å². The van der Waals surface area contributed by atoms with Gasteiger partial charge < -0.3 is 4.40 Å². The second-order valence-electron chi connectivity index (χ2n) is 3.93. The number of aromatic nitrogens is 2. The van der Waals surface area contributed by atoms with E-state index in [-0.39, 0.29) is 0 Å². The molecule has 0 atom stereocenters. The molecular formula is C14H8IN3. The van der Waals surface area contributed by atoms with Crippen molar-refractivity contribution in [3.63, 3.8) is 0 Å². The minimum Gasteiger partial charge on any atom is -0.305 e. The highest BCUT2D eigenvalue weighted by Gasteiger charge is 2.04. The predicted molar refractivity (Wildman–Crippen MR) is 78.1 cm³/mol. The monoisotopic (exact) mass is 345 g/mol. The highest BCUT2D eigenvalue weighted by atomic mass is 127. The number of halogens is 1. The summed E-state index contributed by atoms with van der Waals surface area (Å²) in [4.78, 5) is 4.54. The molecule has 0 fully saturated rings. The Labute approximate surface area is 118 Å². The molecule has 18 heavy (non-hydrogen) atoms. The molecule has 3 aromatic rings. The molecule has 0 aliphatic heterocycles. The van der Waals surface area contributed by atoms with Crippen LogP contribution in [0.5, 0.6) is 0 Å². The molecule has 0 radical (unpaired) electrons. The fourth-order valence-corrected chi connectivity index (χ4v) is 2.18. The summed E-state index contributed by atoms with van der Waals surface area (Å²) in [5, 5.41) is 8.87. The molecule has 2 heterocycles. The van der Waals surface area contributed by atoms with Crippen LogP contribution in [0.4, 0.5) is 0 Å². The third-order valence-electron chi connectivity index (χ3n) is 2.72. The van der Waals surface area contributed by atoms with Crippen LogP contribution in [-0.2, 0) is 0 Å². The molecule has 4 heteroatoms. The van der Waals surface area contributed by atoms with E-state index in [2.05, 4.69) is 57.9 Å². The van der Waals surface area contributed by atoms with Gasteiger partial charge in [-0.1, -0.05) is 12.1 Å². The first kappa shape index (κ1) is 11.2. The molecule has 86 valence electrons. The van der Waals surface area contributed by atoms with Gasteiger partial charge in [-0.25, -0.2) is 4.98 Å². The Kier molecular flexibility index (Phi) is 2.76. The molecule has 1 aromatic carbocycles. The van der Waals surface area contributed by atoms with Gasteiger partial charge in [0.05, 0.1) is 11.3 Å². The van der Waals surface area contributed by atoms with Crippen LogP contribution in [0.3, 0.4) is 0 Å². The van der Waals surface area contributed by atoms with E-state index in [0.717, 1.165) is 16.9 Å². The lowest BCUT2D eigenvalue weighted by Crippen LogP contribution is -1.83. The summed E-state index contributed by atoms with van der Waals surface area (Å²) < 4.78 is 3.08. The average molecular weight is 345 g/mol. The molecular weight excluding hydrogens is 337 g/mol. The lowest BCUT2D eigenvalue weighted by molar-refractivity contribution is 1.17. The Morgan fingerprint density at radius 2 is 1.83 bits per heavy atom. The van der Waals surface area contributed by atoms with Crippen molar-refractivity contribution < 1.29 is 0 Å². The maximum atomic E-state index is 8.87. The normalized spacial score (nSPS) is 10.4. The second kappa shape index (κ2) is 4.42. The van der Waals surface area contributed by atoms with Crippen molar-refractivity contribution >= 4 is 28.2 Å². The zero-order valence-corrected chi connectivity index (χ0v) is 11.5. The van der Waals surface area contributed by atoms with Crippen LogP contribution in [0.15, 0.2) is 48.8 Å². The molecule has 0 bridgehead atoms. The quantitative estimate of drug-likeness (QED) is 0.634. The van der Waals surface area contributed by atoms with Crippen molar-refractivity contribution in [3.8, 4) is 17.3 Å². The molecule has 0 saturated carbocycles. The van der Waals surface area contributed by atoms with Gasteiger partial charge in [-0.3, -0.25) is 0 Å². The van der Waals surface area contributed by atoms with Crippen molar-refractivity contribution in [1.29, 1.82) is 5.26 Å². The van der Waals surface area contributed by atoms with E-state index in [9.17, 15) is 0 Å². The number of rotatable bonds is 1. The average Bonchev–Trinajstić information content (AvgIpc) is 2.82. The second-order valence-corrected chi connectivity index (χ2v) is 5.17. The van der Waals surface area contributed by atoms with E-state index < -0.39 is 0 Å². The molecule has 0 aliphatic rings. The summed E-state index contributed by atoms with van der Waals surface area (Å²) in [6.07, 6.45) is 3.73. The predicted octanol–water partition coefficient (Wildman–Crippen LogP) is 3.48. The number of hydrogen-bond donors (Lipinski definition) is 0. The van der Waals surface area contributed by atoms with Crippen molar-refractivity contribution in [2.45, 2.75) is 0 Å². The third-order valence-corrected chi connectivity index (χ3v) is 3.44. The number of nitriles is 1. The topological polar surface area (TPSA) is 41.1 Å². The summed E-state index contributed by atoms with van der Waals surface area (Å²) in [7, 11) is 0. The Hall–Kier alpha value is -1.87. The number of pyridine rings is 1. The van der Waals surface area contributed by atoms with Crippen LogP contribution >= 0.6 is 22.6 Å². The standard InChI is InChI=1S/C14H8IN3/c15-12-4-2-11(3-5-12)13-9-18-8-10(7-16)1-6-14(18)17-13/h1-6,8-9H. The number of imidazole rings is 1. The van der Waals surface area contributed by atoms with Crippen LogP contribution in [-0.4, -0.2) is 9.38 Å². The van der Waals surface area contributed by atoms with E-state index in [0.29, 0.717) is 5.56 Å². The summed E-state index contributed by atoms with van der Waals surface area (Å²) >= 11 is 2.28. The van der Waals surface area contributed by atoms with Gasteiger partial charge in [-0.15, -0.1) is 0 Å². The van der Waals surface area contributed by atoms with Crippen molar-refractivity contribution in [3.05, 3.63) is 57.9 Å². The van der Waals surface area contributed by atoms with Gasteiger partial charge in [0.1, 0.15) is 11.7 Å². The highest BCUT2D eigenvalue weighted by Crippen LogP contribution is 2.20. The molecule has 0 N–H and O–H groups in total. The van der Waals surface area contributed by atoms with Crippen molar-refractivity contribution in [2.24, 2.45) is 0 Å². The largest absolute Gasteiger partial charge is 0.305 e. The highest BCUT2D eigenvalue weighted by molar-refractivity contribution is 14.1. The maximum Gasteiger partial charge on any atom is 0.137 e. The zero-order valence-electron chi connectivity index (χ0n) is 9.34. The zero-order chi connectivity index (χ0) is 12.5. The van der Waals surface area contributed by atoms with Crippen molar-refractivity contribution in [2.75, 3.05) is 0 Å². The SMILES string of the molecule is N#Cc1ccc2nc(-c3ccc(I)cc3)cn2c1. The van der Waals surface area contributed by atoms with Gasteiger partial charge in [0, 0.05) is 21.5 Å². The molecule has 3 nitrogen and oxygen atoms in total. The van der Waals surface area contributed by atoms with Crippen LogP contribution in [0.2, 0.25) is 0 Å².